The third-order valence-corrected chi connectivity index (χ3v) is 3.44. The van der Waals surface area contributed by atoms with Crippen molar-refractivity contribution in [1.82, 2.24) is 10.2 Å². The minimum Gasteiger partial charge on any atom is -0.591 e. The van der Waals surface area contributed by atoms with Crippen LogP contribution in [0, 0.1) is 0 Å². The molecule has 88 valence electrons. The van der Waals surface area contributed by atoms with E-state index in [0.29, 0.717) is 16.6 Å². The Bertz CT molecular complexity index is 386. The van der Waals surface area contributed by atoms with E-state index in [-0.39, 0.29) is 4.75 Å². The first kappa shape index (κ1) is 13.4. The molecule has 0 spiro atoms. The maximum atomic E-state index is 11.8. The molecule has 1 rings (SSSR count). The van der Waals surface area contributed by atoms with Crippen molar-refractivity contribution < 1.29 is 4.55 Å². The van der Waals surface area contributed by atoms with Crippen molar-refractivity contribution in [2.24, 2.45) is 4.40 Å². The van der Waals surface area contributed by atoms with Crippen LogP contribution in [0.4, 0.5) is 0 Å². The molecule has 6 heteroatoms. The Morgan fingerprint density at radius 2 is 2.00 bits per heavy atom. The summed E-state index contributed by atoms with van der Waals surface area (Å²) in [5.74, 6) is 0. The van der Waals surface area contributed by atoms with Gasteiger partial charge >= 0.3 is 0 Å². The molecule has 0 amide bonds. The fourth-order valence-electron chi connectivity index (χ4n) is 0.817. The second-order valence-electron chi connectivity index (χ2n) is 4.28. The highest BCUT2D eigenvalue weighted by molar-refractivity contribution is 7.91. The quantitative estimate of drug-likeness (QED) is 0.605. The normalized spacial score (nSPS) is 15.0. The molecule has 4 nitrogen and oxygen atoms in total. The summed E-state index contributed by atoms with van der Waals surface area (Å²) in [7, 11) is 0. The molecule has 1 aromatic heterocycles. The zero-order chi connectivity index (χ0) is 12.3. The summed E-state index contributed by atoms with van der Waals surface area (Å²) in [6, 6.07) is 3.33. The molecule has 0 aliphatic carbocycles. The first-order valence-electron chi connectivity index (χ1n) is 4.77. The van der Waals surface area contributed by atoms with E-state index < -0.39 is 11.4 Å². The lowest BCUT2D eigenvalue weighted by atomic mass is 10.3. The summed E-state index contributed by atoms with van der Waals surface area (Å²) < 4.78 is 15.5. The van der Waals surface area contributed by atoms with Gasteiger partial charge in [0.25, 0.3) is 0 Å². The number of nitrogens with zero attached hydrogens (tertiary/aromatic N) is 3. The van der Waals surface area contributed by atoms with Crippen LogP contribution in [0.5, 0.6) is 0 Å². The monoisotopic (exact) mass is 259 g/mol. The lowest BCUT2D eigenvalue weighted by Crippen LogP contribution is -2.26. The molecule has 0 radical (unpaired) electrons. The van der Waals surface area contributed by atoms with Gasteiger partial charge in [-0.2, -0.15) is 0 Å². The third kappa shape index (κ3) is 3.73. The van der Waals surface area contributed by atoms with Gasteiger partial charge in [0.05, 0.1) is 0 Å². The first-order valence-corrected chi connectivity index (χ1v) is 6.26. The van der Waals surface area contributed by atoms with Crippen molar-refractivity contribution in [2.75, 3.05) is 0 Å². The van der Waals surface area contributed by atoms with E-state index in [9.17, 15) is 4.55 Å². The van der Waals surface area contributed by atoms with Crippen LogP contribution in [0.2, 0.25) is 5.15 Å². The molecule has 0 fully saturated rings. The lowest BCUT2D eigenvalue weighted by molar-refractivity contribution is 0.561. The Kier molecular flexibility index (Phi) is 4.29. The lowest BCUT2D eigenvalue weighted by Gasteiger charge is -2.18. The van der Waals surface area contributed by atoms with E-state index in [1.807, 2.05) is 20.8 Å². The van der Waals surface area contributed by atoms with Gasteiger partial charge in [0.2, 0.25) is 0 Å². The summed E-state index contributed by atoms with van der Waals surface area (Å²) in [6.45, 7) is 7.36. The van der Waals surface area contributed by atoms with Gasteiger partial charge in [0.15, 0.2) is 5.15 Å². The molecule has 1 atom stereocenters. The van der Waals surface area contributed by atoms with Crippen molar-refractivity contribution in [1.29, 1.82) is 0 Å². The van der Waals surface area contributed by atoms with Crippen molar-refractivity contribution in [2.45, 2.75) is 32.4 Å². The van der Waals surface area contributed by atoms with Crippen LogP contribution in [-0.2, 0) is 11.4 Å². The molecular weight excluding hydrogens is 246 g/mol. The van der Waals surface area contributed by atoms with E-state index in [0.717, 1.165) is 0 Å². The molecule has 0 aliphatic heterocycles. The zero-order valence-corrected chi connectivity index (χ0v) is 11.3. The molecule has 0 saturated heterocycles. The van der Waals surface area contributed by atoms with Crippen LogP contribution < -0.4 is 0 Å². The minimum absolute atomic E-state index is 0.327. The fourth-order valence-corrected chi connectivity index (χ4v) is 1.53. The predicted molar refractivity (Wildman–Crippen MR) is 67.1 cm³/mol. The van der Waals surface area contributed by atoms with E-state index in [1.54, 1.807) is 19.1 Å². The second kappa shape index (κ2) is 5.12. The van der Waals surface area contributed by atoms with Gasteiger partial charge in [-0.1, -0.05) is 16.0 Å². The van der Waals surface area contributed by atoms with Crippen molar-refractivity contribution in [3.05, 3.63) is 23.0 Å². The Labute approximate surface area is 103 Å². The van der Waals surface area contributed by atoms with Gasteiger partial charge in [-0.15, -0.1) is 10.2 Å². The van der Waals surface area contributed by atoms with Crippen LogP contribution >= 0.6 is 11.6 Å². The topological polar surface area (TPSA) is 61.2 Å². The molecule has 1 heterocycles. The predicted octanol–water partition coefficient (Wildman–Crippen LogP) is 2.40. The number of halogens is 1. The molecule has 16 heavy (non-hydrogen) atoms. The Hall–Kier alpha value is -0.650. The highest BCUT2D eigenvalue weighted by Gasteiger charge is 2.26. The molecular formula is C10H14ClN3OS. The Balaban J connectivity index is 2.89. The fraction of sp³-hybridized carbons (Fsp3) is 0.500. The first-order chi connectivity index (χ1) is 7.30. The molecule has 0 saturated carbocycles. The summed E-state index contributed by atoms with van der Waals surface area (Å²) in [5, 5.41) is 7.90. The number of aromatic nitrogens is 2. The van der Waals surface area contributed by atoms with E-state index >= 15 is 0 Å². The van der Waals surface area contributed by atoms with E-state index in [4.69, 9.17) is 11.6 Å². The molecule has 0 bridgehead atoms. The van der Waals surface area contributed by atoms with Gasteiger partial charge in [0.1, 0.15) is 27.5 Å². The van der Waals surface area contributed by atoms with Crippen LogP contribution in [-0.4, -0.2) is 25.2 Å². The maximum Gasteiger partial charge on any atom is 0.151 e. The van der Waals surface area contributed by atoms with Crippen LogP contribution in [0.15, 0.2) is 16.5 Å². The Morgan fingerprint density at radius 3 is 2.44 bits per heavy atom. The maximum absolute atomic E-state index is 11.8. The highest BCUT2D eigenvalue weighted by atomic mass is 35.5. The van der Waals surface area contributed by atoms with Gasteiger partial charge < -0.3 is 4.55 Å². The molecule has 0 aliphatic rings. The van der Waals surface area contributed by atoms with Gasteiger partial charge in [-0.25, -0.2) is 0 Å². The average molecular weight is 260 g/mol. The molecule has 1 unspecified atom stereocenters. The summed E-state index contributed by atoms with van der Waals surface area (Å²) in [6.07, 6.45) is 0. The number of rotatable bonds is 2. The number of hydrogen-bond donors (Lipinski definition) is 0. The summed E-state index contributed by atoms with van der Waals surface area (Å²) in [4.78, 5) is 0. The van der Waals surface area contributed by atoms with Crippen LogP contribution in [0.3, 0.4) is 0 Å². The van der Waals surface area contributed by atoms with E-state index in [1.165, 1.54) is 0 Å². The third-order valence-electron chi connectivity index (χ3n) is 1.75. The molecule has 0 N–H and O–H groups in total. The molecule has 0 aromatic carbocycles. The SMILES string of the molecule is CC(=N[S+]([O-])C(C)(C)C)c1ccc(Cl)nn1. The largest absolute Gasteiger partial charge is 0.591 e. The van der Waals surface area contributed by atoms with Crippen LogP contribution in [0.1, 0.15) is 33.4 Å². The number of hydrogen-bond acceptors (Lipinski definition) is 4. The van der Waals surface area contributed by atoms with Crippen molar-refractivity contribution in [3.63, 3.8) is 0 Å². The summed E-state index contributed by atoms with van der Waals surface area (Å²) in [5.41, 5.74) is 1.18. The summed E-state index contributed by atoms with van der Waals surface area (Å²) >= 11 is 4.34. The van der Waals surface area contributed by atoms with Gasteiger partial charge in [-0.05, 0) is 39.8 Å². The van der Waals surface area contributed by atoms with Gasteiger partial charge in [0, 0.05) is 0 Å². The smallest absolute Gasteiger partial charge is 0.151 e. The van der Waals surface area contributed by atoms with Gasteiger partial charge in [-0.3, -0.25) is 0 Å². The zero-order valence-electron chi connectivity index (χ0n) is 9.69. The highest BCUT2D eigenvalue weighted by Crippen LogP contribution is 2.18. The second-order valence-corrected chi connectivity index (χ2v) is 6.57. The average Bonchev–Trinajstić information content (AvgIpc) is 2.17. The van der Waals surface area contributed by atoms with Crippen LogP contribution in [0.25, 0.3) is 0 Å². The Morgan fingerprint density at radius 1 is 1.38 bits per heavy atom. The van der Waals surface area contributed by atoms with Crippen molar-refractivity contribution in [3.8, 4) is 0 Å². The van der Waals surface area contributed by atoms with E-state index in [2.05, 4.69) is 14.6 Å². The minimum atomic E-state index is -1.29. The standard InChI is InChI=1S/C10H14ClN3OS/c1-7(14-16(15)10(2,3)4)8-5-6-9(11)13-12-8/h5-6H,1-4H3. The molecule has 1 aromatic rings. The van der Waals surface area contributed by atoms with Crippen molar-refractivity contribution >= 4 is 28.7 Å².